The molecule has 11 heavy (non-hydrogen) atoms. The van der Waals surface area contributed by atoms with Crippen LogP contribution < -0.4 is 0 Å². The molecule has 62 valence electrons. The van der Waals surface area contributed by atoms with E-state index in [2.05, 4.69) is 0 Å². The van der Waals surface area contributed by atoms with Gasteiger partial charge in [-0.25, -0.2) is 4.79 Å². The number of carbonyl (C=O) groups excluding carboxylic acids is 1. The molecule has 0 aliphatic carbocycles. The van der Waals surface area contributed by atoms with Crippen LogP contribution >= 0.6 is 0 Å². The van der Waals surface area contributed by atoms with Gasteiger partial charge in [-0.05, 0) is 20.0 Å². The Labute approximate surface area is 73.5 Å². The molecule has 0 aliphatic rings. The van der Waals surface area contributed by atoms with Crippen LogP contribution in [0.1, 0.15) is 8.22 Å². The van der Waals surface area contributed by atoms with Gasteiger partial charge in [0.1, 0.15) is 0 Å². The fourth-order valence-corrected chi connectivity index (χ4v) is 0.336. The summed E-state index contributed by atoms with van der Waals surface area (Å²) >= 11 is 0. The van der Waals surface area contributed by atoms with E-state index in [-0.39, 0.29) is 4.90 Å². The van der Waals surface area contributed by atoms with E-state index in [1.165, 1.54) is 0 Å². The molecule has 0 heterocycles. The Balaban J connectivity index is 4.71. The lowest BCUT2D eigenvalue weighted by Crippen LogP contribution is -2.13. The fraction of sp³-hybridized carbons (Fsp3) is 0.429. The predicted molar refractivity (Wildman–Crippen MR) is 40.3 cm³/mol. The van der Waals surface area contributed by atoms with Crippen molar-refractivity contribution in [3.05, 3.63) is 12.2 Å². The number of likely N-dealkylation sites (N-methyl/N-ethyl adjacent to an activating group) is 1. The summed E-state index contributed by atoms with van der Waals surface area (Å²) in [4.78, 5) is 21.0. The van der Waals surface area contributed by atoms with Crippen LogP contribution in [0, 0.1) is 0 Å². The van der Waals surface area contributed by atoms with Gasteiger partial charge in [0.25, 0.3) is 5.78 Å². The number of hydrogen-bond acceptors (Lipinski definition) is 3. The first-order valence-corrected chi connectivity index (χ1v) is 2.68. The summed E-state index contributed by atoms with van der Waals surface area (Å²) in [5.41, 5.74) is 0. The zero-order valence-corrected chi connectivity index (χ0v) is 5.57. The second-order valence-electron chi connectivity index (χ2n) is 1.68. The van der Waals surface area contributed by atoms with Gasteiger partial charge in [-0.15, -0.1) is 0 Å². The number of aliphatic carboxylic acids is 1. The minimum Gasteiger partial charge on any atom is -0.475 e. The summed E-state index contributed by atoms with van der Waals surface area (Å²) < 4.78 is 41.9. The van der Waals surface area contributed by atoms with Gasteiger partial charge in [0.15, 0.2) is 0 Å². The Hall–Kier alpha value is -1.16. The molecule has 0 fully saturated rings. The summed E-state index contributed by atoms with van der Waals surface area (Å²) in [6.45, 7) is -6.30. The van der Waals surface area contributed by atoms with E-state index in [9.17, 15) is 9.59 Å². The van der Waals surface area contributed by atoms with E-state index in [0.29, 0.717) is 6.08 Å². The number of carboxylic acid groups (broad SMARTS) is 1. The van der Waals surface area contributed by atoms with E-state index < -0.39 is 32.2 Å². The molecule has 0 saturated carbocycles. The smallest absolute Gasteiger partial charge is 0.376 e. The van der Waals surface area contributed by atoms with Crippen LogP contribution in [0.3, 0.4) is 0 Å². The number of hydrogen-bond donors (Lipinski definition) is 1. The molecule has 0 bridgehead atoms. The Morgan fingerprint density at radius 3 is 2.73 bits per heavy atom. The fourth-order valence-electron chi connectivity index (χ4n) is 0.336. The normalized spacial score (nSPS) is 21.2. The quantitative estimate of drug-likeness (QED) is 0.459. The van der Waals surface area contributed by atoms with Crippen molar-refractivity contribution >= 4 is 11.8 Å². The van der Waals surface area contributed by atoms with Crippen molar-refractivity contribution < 1.29 is 22.9 Å². The molecule has 1 N–H and O–H groups in total. The average Bonchev–Trinajstić information content (AvgIpc) is 2.07. The first-order chi connectivity index (χ1) is 7.46. The molecule has 0 aliphatic heterocycles. The third-order valence-corrected chi connectivity index (χ3v) is 0.768. The van der Waals surface area contributed by atoms with E-state index >= 15 is 0 Å². The van der Waals surface area contributed by atoms with E-state index in [1.54, 1.807) is 0 Å². The highest BCUT2D eigenvalue weighted by atomic mass is 16.4. The summed E-state index contributed by atoms with van der Waals surface area (Å²) in [6, 6.07) is 0. The maximum Gasteiger partial charge on any atom is 0.376 e. The van der Waals surface area contributed by atoms with Crippen molar-refractivity contribution in [1.82, 2.24) is 4.90 Å². The van der Waals surface area contributed by atoms with Crippen LogP contribution in [0.2, 0.25) is 0 Å². The van der Waals surface area contributed by atoms with Crippen molar-refractivity contribution in [2.24, 2.45) is 0 Å². The topological polar surface area (TPSA) is 57.6 Å². The number of ketones is 1. The zero-order valence-electron chi connectivity index (χ0n) is 11.6. The second kappa shape index (κ2) is 4.62. The molecule has 0 rings (SSSR count). The van der Waals surface area contributed by atoms with Gasteiger partial charge in [0.2, 0.25) is 0 Å². The molecule has 0 atom stereocenters. The summed E-state index contributed by atoms with van der Waals surface area (Å²) in [7, 11) is 0. The maximum absolute atomic E-state index is 10.6. The van der Waals surface area contributed by atoms with Crippen LogP contribution in [0.5, 0.6) is 0 Å². The van der Waals surface area contributed by atoms with Crippen LogP contribution in [0.25, 0.3) is 0 Å². The predicted octanol–water partition coefficient (Wildman–Crippen LogP) is -0.242. The third kappa shape index (κ3) is 5.29. The number of carbonyl (C=O) groups is 2. The lowest BCUT2D eigenvalue weighted by atomic mass is 10.3. The maximum atomic E-state index is 10.6. The van der Waals surface area contributed by atoms with Crippen LogP contribution in [0.15, 0.2) is 12.2 Å². The van der Waals surface area contributed by atoms with Crippen molar-refractivity contribution in [2.75, 3.05) is 20.5 Å². The molecular weight excluding hydrogens is 146 g/mol. The number of carboxylic acids is 1. The number of rotatable bonds is 4. The van der Waals surface area contributed by atoms with Gasteiger partial charge < -0.3 is 10.0 Å². The average molecular weight is 163 g/mol. The Morgan fingerprint density at radius 2 is 2.27 bits per heavy atom. The zero-order chi connectivity index (χ0) is 13.9. The van der Waals surface area contributed by atoms with Gasteiger partial charge in [0.05, 0.1) is 0 Å². The van der Waals surface area contributed by atoms with E-state index in [1.807, 2.05) is 0 Å². The van der Waals surface area contributed by atoms with Gasteiger partial charge in [0, 0.05) is 14.8 Å². The molecule has 0 saturated heterocycles. The lowest BCUT2D eigenvalue weighted by molar-refractivity contribution is -0.146. The van der Waals surface area contributed by atoms with Crippen molar-refractivity contribution in [3.63, 3.8) is 0 Å². The van der Waals surface area contributed by atoms with Crippen LogP contribution in [-0.4, -0.2) is 42.3 Å². The highest BCUT2D eigenvalue weighted by molar-refractivity contribution is 6.37. The monoisotopic (exact) mass is 163 g/mol. The summed E-state index contributed by atoms with van der Waals surface area (Å²) in [5.74, 6) is -2.95. The largest absolute Gasteiger partial charge is 0.475 e. The van der Waals surface area contributed by atoms with E-state index in [4.69, 9.17) is 13.3 Å². The molecule has 0 spiro atoms. The Bertz CT molecular complexity index is 317. The standard InChI is InChI=1S/C7H11NO3/c1-8(2)5-3-4-6(9)7(10)11/h3-4H,5H2,1-2H3,(H,10,11)/i1D3,2D3. The highest BCUT2D eigenvalue weighted by Crippen LogP contribution is 1.80. The first kappa shape index (κ1) is 3.49. The molecule has 0 unspecified atom stereocenters. The minimum absolute atomic E-state index is 0.200. The second-order valence-corrected chi connectivity index (χ2v) is 1.68. The minimum atomic E-state index is -2.86. The molecule has 0 radical (unpaired) electrons. The molecule has 0 aromatic heterocycles. The SMILES string of the molecule is [2H]C([2H])([2H])N(CC=CC(=O)C(=O)O)C([2H])([2H])[2H]. The van der Waals surface area contributed by atoms with Gasteiger partial charge >= 0.3 is 5.97 Å². The van der Waals surface area contributed by atoms with Crippen LogP contribution in [0.4, 0.5) is 0 Å². The molecule has 0 aromatic carbocycles. The van der Waals surface area contributed by atoms with Crippen molar-refractivity contribution in [2.45, 2.75) is 0 Å². The summed E-state index contributed by atoms with van der Waals surface area (Å²) in [6.07, 6.45) is 1.50. The molecule has 0 amide bonds. The molecule has 4 nitrogen and oxygen atoms in total. The lowest BCUT2D eigenvalue weighted by Gasteiger charge is -2.02. The van der Waals surface area contributed by atoms with Crippen LogP contribution in [-0.2, 0) is 9.59 Å². The van der Waals surface area contributed by atoms with Crippen molar-refractivity contribution in [1.29, 1.82) is 0 Å². The van der Waals surface area contributed by atoms with Gasteiger partial charge in [-0.1, -0.05) is 6.08 Å². The Kier molecular flexibility index (Phi) is 1.47. The molecule has 4 heteroatoms. The first-order valence-electron chi connectivity index (χ1n) is 5.68. The van der Waals surface area contributed by atoms with Gasteiger partial charge in [-0.3, -0.25) is 4.79 Å². The number of nitrogens with zero attached hydrogens (tertiary/aromatic N) is 1. The van der Waals surface area contributed by atoms with Gasteiger partial charge in [-0.2, -0.15) is 0 Å². The third-order valence-electron chi connectivity index (χ3n) is 0.768. The molecule has 0 aromatic rings. The highest BCUT2D eigenvalue weighted by Gasteiger charge is 2.04. The van der Waals surface area contributed by atoms with E-state index in [0.717, 1.165) is 6.08 Å². The van der Waals surface area contributed by atoms with Crippen molar-refractivity contribution in [3.8, 4) is 0 Å². The summed E-state index contributed by atoms with van der Waals surface area (Å²) in [5, 5.41) is 8.23. The molecular formula is C7H11NO3. The Morgan fingerprint density at radius 1 is 1.64 bits per heavy atom.